The first-order valence-electron chi connectivity index (χ1n) is 5.45. The molecule has 0 saturated heterocycles. The topological polar surface area (TPSA) is 95.7 Å². The second-order valence-electron chi connectivity index (χ2n) is 4.00. The zero-order valence-electron chi connectivity index (χ0n) is 10.5. The molecule has 2 amide bonds. The molecule has 1 rings (SSSR count). The maximum absolute atomic E-state index is 11.8. The smallest absolute Gasteiger partial charge is 0.321 e. The third-order valence-corrected chi connectivity index (χ3v) is 3.31. The van der Waals surface area contributed by atoms with Gasteiger partial charge in [0.1, 0.15) is 0 Å². The van der Waals surface area contributed by atoms with Crippen LogP contribution in [0.1, 0.15) is 6.92 Å². The van der Waals surface area contributed by atoms with Crippen LogP contribution in [-0.4, -0.2) is 40.7 Å². The van der Waals surface area contributed by atoms with Gasteiger partial charge < -0.3 is 15.3 Å². The molecule has 8 heteroatoms. The highest BCUT2D eigenvalue weighted by Crippen LogP contribution is 2.27. The van der Waals surface area contributed by atoms with Gasteiger partial charge >= 0.3 is 6.03 Å². The molecule has 0 unspecified atom stereocenters. The lowest BCUT2D eigenvalue weighted by Crippen LogP contribution is -2.40. The Hall–Kier alpha value is -1.67. The molecular formula is C11H14BrN3O4. The number of hydrogen-bond donors (Lipinski definition) is 2. The summed E-state index contributed by atoms with van der Waals surface area (Å²) >= 11 is 3.06. The third kappa shape index (κ3) is 3.90. The SMILES string of the molecule is C[C@H](CO)N(C)C(=O)Nc1ccc(Br)c([N+](=O)[O-])c1. The molecule has 0 bridgehead atoms. The minimum atomic E-state index is -0.542. The summed E-state index contributed by atoms with van der Waals surface area (Å²) in [4.78, 5) is 23.3. The molecule has 1 atom stereocenters. The lowest BCUT2D eigenvalue weighted by Gasteiger charge is -2.23. The van der Waals surface area contributed by atoms with E-state index in [4.69, 9.17) is 5.11 Å². The number of rotatable bonds is 4. The van der Waals surface area contributed by atoms with Gasteiger partial charge in [0.15, 0.2) is 0 Å². The van der Waals surface area contributed by atoms with Crippen molar-refractivity contribution in [3.8, 4) is 0 Å². The molecule has 0 aliphatic carbocycles. The Morgan fingerprint density at radius 2 is 2.26 bits per heavy atom. The van der Waals surface area contributed by atoms with E-state index < -0.39 is 11.0 Å². The second kappa shape index (κ2) is 6.48. The van der Waals surface area contributed by atoms with Gasteiger partial charge in [0, 0.05) is 18.8 Å². The van der Waals surface area contributed by atoms with E-state index in [2.05, 4.69) is 21.2 Å². The number of carbonyl (C=O) groups excluding carboxylic acids is 1. The van der Waals surface area contributed by atoms with Crippen molar-refractivity contribution in [3.05, 3.63) is 32.8 Å². The molecule has 0 radical (unpaired) electrons. The number of likely N-dealkylation sites (N-methyl/N-ethyl adjacent to an activating group) is 1. The fraction of sp³-hybridized carbons (Fsp3) is 0.364. The molecule has 0 aliphatic rings. The summed E-state index contributed by atoms with van der Waals surface area (Å²) in [6.07, 6.45) is 0. The third-order valence-electron chi connectivity index (χ3n) is 2.64. The number of hydrogen-bond acceptors (Lipinski definition) is 4. The van der Waals surface area contributed by atoms with E-state index in [-0.39, 0.29) is 18.3 Å². The van der Waals surface area contributed by atoms with Crippen LogP contribution >= 0.6 is 15.9 Å². The monoisotopic (exact) mass is 331 g/mol. The Morgan fingerprint density at radius 3 is 2.79 bits per heavy atom. The van der Waals surface area contributed by atoms with Gasteiger partial charge in [-0.05, 0) is 35.0 Å². The van der Waals surface area contributed by atoms with Crippen molar-refractivity contribution in [2.75, 3.05) is 19.0 Å². The summed E-state index contributed by atoms with van der Waals surface area (Å²) in [5.41, 5.74) is 0.188. The Balaban J connectivity index is 2.86. The first-order chi connectivity index (χ1) is 8.86. The number of nitrogens with one attached hydrogen (secondary N) is 1. The average Bonchev–Trinajstić information content (AvgIpc) is 2.38. The Labute approximate surface area is 118 Å². The molecule has 19 heavy (non-hydrogen) atoms. The maximum Gasteiger partial charge on any atom is 0.321 e. The number of nitro benzene ring substituents is 1. The number of urea groups is 1. The van der Waals surface area contributed by atoms with Crippen LogP contribution in [0.3, 0.4) is 0 Å². The molecule has 0 fully saturated rings. The van der Waals surface area contributed by atoms with E-state index in [1.807, 2.05) is 0 Å². The zero-order valence-corrected chi connectivity index (χ0v) is 12.0. The molecule has 0 spiro atoms. The molecule has 0 heterocycles. The van der Waals surface area contributed by atoms with E-state index >= 15 is 0 Å². The van der Waals surface area contributed by atoms with Crippen molar-refractivity contribution in [1.82, 2.24) is 4.90 Å². The number of halogens is 1. The highest BCUT2D eigenvalue weighted by atomic mass is 79.9. The van der Waals surface area contributed by atoms with Crippen molar-refractivity contribution in [1.29, 1.82) is 0 Å². The normalized spacial score (nSPS) is 11.8. The van der Waals surface area contributed by atoms with Gasteiger partial charge in [0.05, 0.1) is 22.0 Å². The number of nitro groups is 1. The Bertz CT molecular complexity index is 495. The van der Waals surface area contributed by atoms with Crippen LogP contribution in [0.2, 0.25) is 0 Å². The fourth-order valence-corrected chi connectivity index (χ4v) is 1.66. The summed E-state index contributed by atoms with van der Waals surface area (Å²) < 4.78 is 0.340. The molecule has 0 saturated carbocycles. The van der Waals surface area contributed by atoms with Crippen molar-refractivity contribution in [2.24, 2.45) is 0 Å². The van der Waals surface area contributed by atoms with Gasteiger partial charge in [0.2, 0.25) is 0 Å². The van der Waals surface area contributed by atoms with E-state index in [1.54, 1.807) is 13.0 Å². The van der Waals surface area contributed by atoms with Gasteiger partial charge in [-0.25, -0.2) is 4.79 Å². The first-order valence-corrected chi connectivity index (χ1v) is 6.24. The second-order valence-corrected chi connectivity index (χ2v) is 4.85. The highest BCUT2D eigenvalue weighted by Gasteiger charge is 2.17. The van der Waals surface area contributed by atoms with Crippen molar-refractivity contribution in [2.45, 2.75) is 13.0 Å². The van der Waals surface area contributed by atoms with E-state index in [0.29, 0.717) is 10.2 Å². The zero-order chi connectivity index (χ0) is 14.6. The Kier molecular flexibility index (Phi) is 5.25. The molecule has 104 valence electrons. The van der Waals surface area contributed by atoms with Gasteiger partial charge in [-0.3, -0.25) is 10.1 Å². The quantitative estimate of drug-likeness (QED) is 0.653. The summed E-state index contributed by atoms with van der Waals surface area (Å²) in [7, 11) is 1.53. The first kappa shape index (κ1) is 15.4. The summed E-state index contributed by atoms with van der Waals surface area (Å²) in [5, 5.41) is 22.3. The number of carbonyl (C=O) groups is 1. The van der Waals surface area contributed by atoms with E-state index in [9.17, 15) is 14.9 Å². The molecule has 2 N–H and O–H groups in total. The largest absolute Gasteiger partial charge is 0.394 e. The molecule has 1 aromatic rings. The van der Waals surface area contributed by atoms with Gasteiger partial charge in [-0.2, -0.15) is 0 Å². The summed E-state index contributed by atoms with van der Waals surface area (Å²) in [6.45, 7) is 1.52. The standard InChI is InChI=1S/C11H14BrN3O4/c1-7(6-16)14(2)11(17)13-8-3-4-9(12)10(5-8)15(18)19/h3-5,7,16H,6H2,1-2H3,(H,13,17)/t7-/m1/s1. The van der Waals surface area contributed by atoms with Crippen molar-refractivity contribution in [3.63, 3.8) is 0 Å². The van der Waals surface area contributed by atoms with Crippen molar-refractivity contribution >= 4 is 33.3 Å². The number of aliphatic hydroxyl groups is 1. The predicted molar refractivity (Wildman–Crippen MR) is 74.1 cm³/mol. The molecule has 0 aliphatic heterocycles. The minimum absolute atomic E-state index is 0.129. The number of aliphatic hydroxyl groups excluding tert-OH is 1. The van der Waals surface area contributed by atoms with Gasteiger partial charge in [-0.15, -0.1) is 0 Å². The number of amides is 2. The van der Waals surface area contributed by atoms with Crippen molar-refractivity contribution < 1.29 is 14.8 Å². The molecule has 1 aromatic carbocycles. The molecular weight excluding hydrogens is 318 g/mol. The van der Waals surface area contributed by atoms with E-state index in [1.165, 1.54) is 24.1 Å². The van der Waals surface area contributed by atoms with Gasteiger partial charge in [0.25, 0.3) is 5.69 Å². The lowest BCUT2D eigenvalue weighted by molar-refractivity contribution is -0.385. The number of nitrogens with zero attached hydrogens (tertiary/aromatic N) is 2. The Morgan fingerprint density at radius 1 is 1.63 bits per heavy atom. The van der Waals surface area contributed by atoms with Crippen LogP contribution in [0.25, 0.3) is 0 Å². The van der Waals surface area contributed by atoms with Crippen LogP contribution in [0.4, 0.5) is 16.2 Å². The predicted octanol–water partition coefficient (Wildman–Crippen LogP) is 2.20. The molecule has 7 nitrogen and oxygen atoms in total. The summed E-state index contributed by atoms with van der Waals surface area (Å²) in [6, 6.07) is 3.51. The fourth-order valence-electron chi connectivity index (χ4n) is 1.26. The molecule has 0 aromatic heterocycles. The minimum Gasteiger partial charge on any atom is -0.394 e. The van der Waals surface area contributed by atoms with Crippen LogP contribution in [0.5, 0.6) is 0 Å². The lowest BCUT2D eigenvalue weighted by atomic mass is 10.3. The van der Waals surface area contributed by atoms with Crippen LogP contribution in [-0.2, 0) is 0 Å². The van der Waals surface area contributed by atoms with E-state index in [0.717, 1.165) is 0 Å². The van der Waals surface area contributed by atoms with Crippen LogP contribution in [0.15, 0.2) is 22.7 Å². The number of benzene rings is 1. The van der Waals surface area contributed by atoms with Crippen LogP contribution in [0, 0.1) is 10.1 Å². The maximum atomic E-state index is 11.8. The number of anilines is 1. The van der Waals surface area contributed by atoms with Crippen LogP contribution < -0.4 is 5.32 Å². The highest BCUT2D eigenvalue weighted by molar-refractivity contribution is 9.10. The summed E-state index contributed by atoms with van der Waals surface area (Å²) in [5.74, 6) is 0. The van der Waals surface area contributed by atoms with Gasteiger partial charge in [-0.1, -0.05) is 0 Å². The average molecular weight is 332 g/mol.